The Bertz CT molecular complexity index is 598. The van der Waals surface area contributed by atoms with Gasteiger partial charge in [-0.25, -0.2) is 4.39 Å². The van der Waals surface area contributed by atoms with Crippen LogP contribution in [-0.4, -0.2) is 5.78 Å². The molecule has 0 aliphatic rings. The van der Waals surface area contributed by atoms with E-state index in [-0.39, 0.29) is 17.8 Å². The number of benzene rings is 2. The van der Waals surface area contributed by atoms with Crippen molar-refractivity contribution in [3.8, 4) is 0 Å². The zero-order chi connectivity index (χ0) is 13.1. The highest BCUT2D eigenvalue weighted by atomic mass is 79.9. The fourth-order valence-electron chi connectivity index (χ4n) is 1.65. The summed E-state index contributed by atoms with van der Waals surface area (Å²) in [6, 6.07) is 11.7. The first-order valence-electron chi connectivity index (χ1n) is 5.29. The van der Waals surface area contributed by atoms with E-state index in [1.807, 2.05) is 0 Å². The maximum absolute atomic E-state index is 13.7. The van der Waals surface area contributed by atoms with Gasteiger partial charge in [-0.1, -0.05) is 29.8 Å². The van der Waals surface area contributed by atoms with Crippen molar-refractivity contribution in [2.45, 2.75) is 6.42 Å². The summed E-state index contributed by atoms with van der Waals surface area (Å²) in [5.74, 6) is -0.791. The number of rotatable bonds is 3. The predicted octanol–water partition coefficient (Wildman–Crippen LogP) is 4.67. The van der Waals surface area contributed by atoms with Crippen LogP contribution in [-0.2, 0) is 6.42 Å². The lowest BCUT2D eigenvalue weighted by molar-refractivity contribution is 0.0989. The van der Waals surface area contributed by atoms with Gasteiger partial charge < -0.3 is 0 Å². The molecule has 0 unspecified atom stereocenters. The van der Waals surface area contributed by atoms with Crippen LogP contribution in [0, 0.1) is 5.82 Å². The first-order valence-corrected chi connectivity index (χ1v) is 6.46. The molecule has 4 heteroatoms. The largest absolute Gasteiger partial charge is 0.294 e. The van der Waals surface area contributed by atoms with Crippen molar-refractivity contribution in [3.05, 3.63) is 68.9 Å². The van der Waals surface area contributed by atoms with Crippen molar-refractivity contribution in [3.63, 3.8) is 0 Å². The van der Waals surface area contributed by atoms with Crippen molar-refractivity contribution >= 4 is 33.3 Å². The van der Waals surface area contributed by atoms with Crippen molar-refractivity contribution in [2.75, 3.05) is 0 Å². The standard InChI is InChI=1S/C14H9BrClFO/c15-12-6-2-5-11(14(12)17)13(18)8-9-3-1-4-10(16)7-9/h1-7H,8H2. The van der Waals surface area contributed by atoms with Crippen molar-refractivity contribution in [1.29, 1.82) is 0 Å². The van der Waals surface area contributed by atoms with E-state index in [1.165, 1.54) is 6.07 Å². The summed E-state index contributed by atoms with van der Waals surface area (Å²) in [5.41, 5.74) is 0.858. The Labute approximate surface area is 118 Å². The fraction of sp³-hybridized carbons (Fsp3) is 0.0714. The van der Waals surface area contributed by atoms with Gasteiger partial charge in [-0.3, -0.25) is 4.79 Å². The van der Waals surface area contributed by atoms with Crippen molar-refractivity contribution in [1.82, 2.24) is 0 Å². The minimum absolute atomic E-state index is 0.0874. The smallest absolute Gasteiger partial charge is 0.170 e. The monoisotopic (exact) mass is 326 g/mol. The number of carbonyl (C=O) groups is 1. The van der Waals surface area contributed by atoms with E-state index in [1.54, 1.807) is 36.4 Å². The Balaban J connectivity index is 2.25. The normalized spacial score (nSPS) is 10.4. The van der Waals surface area contributed by atoms with Crippen LogP contribution in [0.5, 0.6) is 0 Å². The molecule has 0 N–H and O–H groups in total. The van der Waals surface area contributed by atoms with Gasteiger partial charge in [-0.05, 0) is 45.8 Å². The third-order valence-corrected chi connectivity index (χ3v) is 3.35. The summed E-state index contributed by atoms with van der Waals surface area (Å²) < 4.78 is 14.0. The van der Waals surface area contributed by atoms with E-state index in [0.717, 1.165) is 5.56 Å². The third-order valence-electron chi connectivity index (χ3n) is 2.51. The summed E-state index contributed by atoms with van der Waals surface area (Å²) in [6.45, 7) is 0. The minimum atomic E-state index is -0.524. The lowest BCUT2D eigenvalue weighted by Crippen LogP contribution is -2.06. The highest BCUT2D eigenvalue weighted by Crippen LogP contribution is 2.20. The minimum Gasteiger partial charge on any atom is -0.294 e. The first-order chi connectivity index (χ1) is 8.58. The van der Waals surface area contributed by atoms with Crippen LogP contribution in [0.3, 0.4) is 0 Å². The second-order valence-corrected chi connectivity index (χ2v) is 5.12. The summed E-state index contributed by atoms with van der Waals surface area (Å²) >= 11 is 8.90. The van der Waals surface area contributed by atoms with Gasteiger partial charge in [0.2, 0.25) is 0 Å². The van der Waals surface area contributed by atoms with E-state index < -0.39 is 5.82 Å². The highest BCUT2D eigenvalue weighted by Gasteiger charge is 2.14. The fourth-order valence-corrected chi connectivity index (χ4v) is 2.23. The van der Waals surface area contributed by atoms with E-state index in [2.05, 4.69) is 15.9 Å². The Kier molecular flexibility index (Phi) is 4.15. The van der Waals surface area contributed by atoms with Gasteiger partial charge in [0.15, 0.2) is 5.78 Å². The summed E-state index contributed by atoms with van der Waals surface area (Å²) in [7, 11) is 0. The zero-order valence-corrected chi connectivity index (χ0v) is 11.6. The molecule has 0 saturated heterocycles. The molecule has 92 valence electrons. The van der Waals surface area contributed by atoms with Gasteiger partial charge >= 0.3 is 0 Å². The number of hydrogen-bond acceptors (Lipinski definition) is 1. The maximum atomic E-state index is 13.7. The van der Waals surface area contributed by atoms with Gasteiger partial charge in [0, 0.05) is 11.4 Å². The van der Waals surface area contributed by atoms with Crippen LogP contribution >= 0.6 is 27.5 Å². The van der Waals surface area contributed by atoms with Gasteiger partial charge in [0.1, 0.15) is 5.82 Å². The molecule has 0 atom stereocenters. The molecule has 0 aliphatic carbocycles. The molecule has 0 aromatic heterocycles. The summed E-state index contributed by atoms with van der Waals surface area (Å²) in [5, 5.41) is 0.565. The second-order valence-electron chi connectivity index (χ2n) is 3.83. The molecule has 0 amide bonds. The molecule has 0 saturated carbocycles. The molecule has 0 radical (unpaired) electrons. The average Bonchev–Trinajstić information content (AvgIpc) is 2.32. The molecule has 18 heavy (non-hydrogen) atoms. The number of Topliss-reactive ketones (excluding diaryl/α,β-unsaturated/α-hetero) is 1. The lowest BCUT2D eigenvalue weighted by atomic mass is 10.0. The molecular weight excluding hydrogens is 319 g/mol. The molecule has 2 aromatic rings. The van der Waals surface area contributed by atoms with Crippen LogP contribution in [0.15, 0.2) is 46.9 Å². The van der Waals surface area contributed by atoms with Crippen LogP contribution in [0.4, 0.5) is 4.39 Å². The molecule has 0 aliphatic heterocycles. The van der Waals surface area contributed by atoms with E-state index >= 15 is 0 Å². The van der Waals surface area contributed by atoms with Gasteiger partial charge in [0.05, 0.1) is 10.0 Å². The van der Waals surface area contributed by atoms with Gasteiger partial charge in [-0.15, -0.1) is 0 Å². The first kappa shape index (κ1) is 13.2. The Hall–Kier alpha value is -1.19. The van der Waals surface area contributed by atoms with Crippen LogP contribution in [0.2, 0.25) is 5.02 Å². The van der Waals surface area contributed by atoms with Crippen molar-refractivity contribution in [2.24, 2.45) is 0 Å². The zero-order valence-electron chi connectivity index (χ0n) is 9.29. The van der Waals surface area contributed by atoms with Crippen molar-refractivity contribution < 1.29 is 9.18 Å². The SMILES string of the molecule is O=C(Cc1cccc(Cl)c1)c1cccc(Br)c1F. The van der Waals surface area contributed by atoms with E-state index in [4.69, 9.17) is 11.6 Å². The molecule has 2 rings (SSSR count). The number of carbonyl (C=O) groups excluding carboxylic acids is 1. The number of ketones is 1. The molecule has 0 fully saturated rings. The molecule has 0 heterocycles. The average molecular weight is 328 g/mol. The highest BCUT2D eigenvalue weighted by molar-refractivity contribution is 9.10. The predicted molar refractivity (Wildman–Crippen MR) is 73.6 cm³/mol. The Morgan fingerprint density at radius 3 is 2.67 bits per heavy atom. The maximum Gasteiger partial charge on any atom is 0.170 e. The molecule has 1 nitrogen and oxygen atoms in total. The van der Waals surface area contributed by atoms with Crippen LogP contribution in [0.1, 0.15) is 15.9 Å². The number of halogens is 3. The Morgan fingerprint density at radius 1 is 1.22 bits per heavy atom. The quantitative estimate of drug-likeness (QED) is 0.749. The molecule has 0 bridgehead atoms. The summed E-state index contributed by atoms with van der Waals surface area (Å²) in [4.78, 5) is 12.0. The second kappa shape index (κ2) is 5.63. The topological polar surface area (TPSA) is 17.1 Å². The third kappa shape index (κ3) is 2.98. The van der Waals surface area contributed by atoms with E-state index in [0.29, 0.717) is 9.50 Å². The Morgan fingerprint density at radius 2 is 1.94 bits per heavy atom. The van der Waals surface area contributed by atoms with Gasteiger partial charge in [0.25, 0.3) is 0 Å². The van der Waals surface area contributed by atoms with Crippen LogP contribution in [0.25, 0.3) is 0 Å². The summed E-state index contributed by atoms with van der Waals surface area (Å²) in [6.07, 6.45) is 0.133. The molecule has 0 spiro atoms. The van der Waals surface area contributed by atoms with Crippen LogP contribution < -0.4 is 0 Å². The van der Waals surface area contributed by atoms with E-state index in [9.17, 15) is 9.18 Å². The number of hydrogen-bond donors (Lipinski definition) is 0. The lowest BCUT2D eigenvalue weighted by Gasteiger charge is -2.04. The molecule has 2 aromatic carbocycles. The van der Waals surface area contributed by atoms with Gasteiger partial charge in [-0.2, -0.15) is 0 Å². The molecular formula is C14H9BrClFO.